The Labute approximate surface area is 187 Å². The molecule has 0 heterocycles. The maximum atomic E-state index is 12.7. The minimum absolute atomic E-state index is 0.117. The van der Waals surface area contributed by atoms with Gasteiger partial charge in [-0.3, -0.25) is 19.7 Å². The number of nitrogens with one attached hydrogen (secondary N) is 2. The van der Waals surface area contributed by atoms with Crippen molar-refractivity contribution in [2.75, 3.05) is 0 Å². The fourth-order valence-electron chi connectivity index (χ4n) is 2.65. The minimum Gasteiger partial charge on any atom is -0.504 e. The molecule has 0 saturated heterocycles. The second kappa shape index (κ2) is 10.4. The summed E-state index contributed by atoms with van der Waals surface area (Å²) in [5, 5.41) is 36.0. The average molecular weight is 446 g/mol. The summed E-state index contributed by atoms with van der Waals surface area (Å²) in [6.45, 7) is 0. The molecule has 0 fully saturated rings. The van der Waals surface area contributed by atoms with E-state index in [0.29, 0.717) is 16.7 Å². The molecule has 0 bridgehead atoms. The highest BCUT2D eigenvalue weighted by Crippen LogP contribution is 2.24. The molecule has 0 spiro atoms. The third-order valence-electron chi connectivity index (χ3n) is 4.32. The predicted octanol–water partition coefficient (Wildman–Crippen LogP) is 2.93. The zero-order valence-electron chi connectivity index (χ0n) is 17.0. The molecule has 10 heteroatoms. The van der Waals surface area contributed by atoms with Crippen LogP contribution in [0.4, 0.5) is 5.69 Å². The molecule has 2 amide bonds. The summed E-state index contributed by atoms with van der Waals surface area (Å²) in [5.41, 5.74) is 3.16. The average Bonchev–Trinajstić information content (AvgIpc) is 2.81. The Morgan fingerprint density at radius 2 is 1.58 bits per heavy atom. The molecular formula is C23H18N4O6. The van der Waals surface area contributed by atoms with Crippen molar-refractivity contribution >= 4 is 29.8 Å². The van der Waals surface area contributed by atoms with Crippen LogP contribution in [0.2, 0.25) is 0 Å². The van der Waals surface area contributed by atoms with Crippen molar-refractivity contribution in [1.29, 1.82) is 0 Å². The maximum Gasteiger partial charge on any atom is 0.287 e. The first-order valence-electron chi connectivity index (χ1n) is 9.51. The normalized spacial score (nSPS) is 11.2. The second-order valence-electron chi connectivity index (χ2n) is 6.67. The number of rotatable bonds is 7. The zero-order valence-corrected chi connectivity index (χ0v) is 17.0. The summed E-state index contributed by atoms with van der Waals surface area (Å²) in [4.78, 5) is 35.5. The fourth-order valence-corrected chi connectivity index (χ4v) is 2.65. The van der Waals surface area contributed by atoms with Gasteiger partial charge in [0.05, 0.1) is 11.1 Å². The SMILES string of the molecule is O=C(N/N=C\c1ccc(O)c(O)c1)/C(=C/c1ccc([N+](=O)[O-])cc1)NC(=O)c1ccccc1. The number of amides is 2. The monoisotopic (exact) mass is 446 g/mol. The van der Waals surface area contributed by atoms with Crippen molar-refractivity contribution in [3.63, 3.8) is 0 Å². The number of hydrogen-bond donors (Lipinski definition) is 4. The lowest BCUT2D eigenvalue weighted by Gasteiger charge is -2.09. The first-order valence-corrected chi connectivity index (χ1v) is 9.51. The summed E-state index contributed by atoms with van der Waals surface area (Å²) in [5.74, 6) is -1.93. The van der Waals surface area contributed by atoms with E-state index in [1.165, 1.54) is 54.8 Å². The van der Waals surface area contributed by atoms with Crippen LogP contribution in [0.1, 0.15) is 21.5 Å². The quantitative estimate of drug-likeness (QED) is 0.144. The van der Waals surface area contributed by atoms with E-state index in [-0.39, 0.29) is 22.9 Å². The number of phenols is 2. The Kier molecular flexibility index (Phi) is 7.12. The third-order valence-corrected chi connectivity index (χ3v) is 4.32. The molecule has 166 valence electrons. The molecule has 0 saturated carbocycles. The Hall–Kier alpha value is -4.99. The van der Waals surface area contributed by atoms with Crippen molar-refractivity contribution < 1.29 is 24.7 Å². The van der Waals surface area contributed by atoms with Crippen molar-refractivity contribution in [3.8, 4) is 11.5 Å². The molecular weight excluding hydrogens is 428 g/mol. The molecule has 3 rings (SSSR count). The Bertz CT molecular complexity index is 1240. The van der Waals surface area contributed by atoms with Gasteiger partial charge in [0, 0.05) is 17.7 Å². The van der Waals surface area contributed by atoms with Gasteiger partial charge < -0.3 is 15.5 Å². The predicted molar refractivity (Wildman–Crippen MR) is 120 cm³/mol. The summed E-state index contributed by atoms with van der Waals surface area (Å²) in [6, 6.07) is 17.6. The Morgan fingerprint density at radius 1 is 0.909 bits per heavy atom. The van der Waals surface area contributed by atoms with Gasteiger partial charge in [0.1, 0.15) is 5.70 Å². The minimum atomic E-state index is -0.753. The number of carbonyl (C=O) groups excluding carboxylic acids is 2. The number of benzene rings is 3. The molecule has 0 aliphatic carbocycles. The van der Waals surface area contributed by atoms with Crippen LogP contribution in [0.5, 0.6) is 11.5 Å². The molecule has 33 heavy (non-hydrogen) atoms. The fraction of sp³-hybridized carbons (Fsp3) is 0. The van der Waals surface area contributed by atoms with Crippen LogP contribution in [-0.4, -0.2) is 33.2 Å². The van der Waals surface area contributed by atoms with Gasteiger partial charge >= 0.3 is 0 Å². The molecule has 10 nitrogen and oxygen atoms in total. The zero-order chi connectivity index (χ0) is 23.8. The number of hydrazone groups is 1. The van der Waals surface area contributed by atoms with Gasteiger partial charge in [0.2, 0.25) is 0 Å². The highest BCUT2D eigenvalue weighted by Gasteiger charge is 2.15. The van der Waals surface area contributed by atoms with Crippen molar-refractivity contribution in [3.05, 3.63) is 105 Å². The number of aromatic hydroxyl groups is 2. The highest BCUT2D eigenvalue weighted by molar-refractivity contribution is 6.05. The van der Waals surface area contributed by atoms with Gasteiger partial charge in [-0.25, -0.2) is 5.43 Å². The van der Waals surface area contributed by atoms with Crippen LogP contribution in [0.25, 0.3) is 6.08 Å². The lowest BCUT2D eigenvalue weighted by molar-refractivity contribution is -0.384. The number of nitrogens with zero attached hydrogens (tertiary/aromatic N) is 2. The standard InChI is InChI=1S/C23H18N4O6/c28-20-11-8-16(13-21(20)29)14-24-26-23(31)19(25-22(30)17-4-2-1-3-5-17)12-15-6-9-18(10-7-15)27(32)33/h1-14,28-29H,(H,25,30)(H,26,31)/b19-12-,24-14-. The first-order chi connectivity index (χ1) is 15.8. The second-order valence-corrected chi connectivity index (χ2v) is 6.67. The molecule has 0 aliphatic rings. The van der Waals surface area contributed by atoms with Crippen LogP contribution in [0, 0.1) is 10.1 Å². The van der Waals surface area contributed by atoms with E-state index in [4.69, 9.17) is 0 Å². The Balaban J connectivity index is 1.82. The van der Waals surface area contributed by atoms with E-state index in [1.807, 2.05) is 0 Å². The number of non-ortho nitro benzene ring substituents is 1. The molecule has 3 aromatic carbocycles. The van der Waals surface area contributed by atoms with Gasteiger partial charge in [-0.05, 0) is 59.7 Å². The maximum absolute atomic E-state index is 12.7. The molecule has 0 atom stereocenters. The molecule has 0 radical (unpaired) electrons. The third kappa shape index (κ3) is 6.25. The number of carbonyl (C=O) groups is 2. The van der Waals surface area contributed by atoms with Gasteiger partial charge in [-0.1, -0.05) is 18.2 Å². The number of phenolic OH excluding ortho intramolecular Hbond substituents is 2. The van der Waals surface area contributed by atoms with E-state index in [9.17, 15) is 29.9 Å². The van der Waals surface area contributed by atoms with E-state index < -0.39 is 16.7 Å². The van der Waals surface area contributed by atoms with Crippen LogP contribution < -0.4 is 10.7 Å². The molecule has 0 aliphatic heterocycles. The topological polar surface area (TPSA) is 154 Å². The molecule has 0 aromatic heterocycles. The van der Waals surface area contributed by atoms with Crippen molar-refractivity contribution in [2.45, 2.75) is 0 Å². The number of hydrogen-bond acceptors (Lipinski definition) is 7. The van der Waals surface area contributed by atoms with Crippen molar-refractivity contribution in [2.24, 2.45) is 5.10 Å². The van der Waals surface area contributed by atoms with Crippen LogP contribution in [0.15, 0.2) is 83.6 Å². The van der Waals surface area contributed by atoms with E-state index in [1.54, 1.807) is 30.3 Å². The summed E-state index contributed by atoms with van der Waals surface area (Å²) < 4.78 is 0. The summed E-state index contributed by atoms with van der Waals surface area (Å²) in [7, 11) is 0. The molecule has 3 aromatic rings. The summed E-state index contributed by atoms with van der Waals surface area (Å²) in [6.07, 6.45) is 2.58. The van der Waals surface area contributed by atoms with E-state index >= 15 is 0 Å². The van der Waals surface area contributed by atoms with Gasteiger partial charge in [0.25, 0.3) is 17.5 Å². The highest BCUT2D eigenvalue weighted by atomic mass is 16.6. The first kappa shape index (κ1) is 22.7. The van der Waals surface area contributed by atoms with Gasteiger partial charge in [-0.2, -0.15) is 5.10 Å². The van der Waals surface area contributed by atoms with E-state index in [0.717, 1.165) is 0 Å². The van der Waals surface area contributed by atoms with Crippen LogP contribution in [-0.2, 0) is 4.79 Å². The summed E-state index contributed by atoms with van der Waals surface area (Å²) >= 11 is 0. The van der Waals surface area contributed by atoms with Gasteiger partial charge in [0.15, 0.2) is 11.5 Å². The molecule has 0 unspecified atom stereocenters. The smallest absolute Gasteiger partial charge is 0.287 e. The largest absolute Gasteiger partial charge is 0.504 e. The van der Waals surface area contributed by atoms with Gasteiger partial charge in [-0.15, -0.1) is 0 Å². The molecule has 4 N–H and O–H groups in total. The van der Waals surface area contributed by atoms with Crippen LogP contribution in [0.3, 0.4) is 0 Å². The lowest BCUT2D eigenvalue weighted by Crippen LogP contribution is -2.32. The van der Waals surface area contributed by atoms with Crippen molar-refractivity contribution in [1.82, 2.24) is 10.7 Å². The number of nitro benzene ring substituents is 1. The van der Waals surface area contributed by atoms with Crippen LogP contribution >= 0.6 is 0 Å². The van der Waals surface area contributed by atoms with E-state index in [2.05, 4.69) is 15.8 Å². The number of nitro groups is 1. The lowest BCUT2D eigenvalue weighted by atomic mass is 10.1. The Morgan fingerprint density at radius 3 is 2.21 bits per heavy atom.